The Morgan fingerprint density at radius 1 is 0.941 bits per heavy atom. The quantitative estimate of drug-likeness (QED) is 0.475. The molecule has 0 radical (unpaired) electrons. The molecule has 1 aliphatic heterocycles. The molecule has 3 aromatic rings. The topological polar surface area (TPSA) is 83.0 Å². The largest absolute Gasteiger partial charge is 0.497 e. The van der Waals surface area contributed by atoms with E-state index in [1.54, 1.807) is 51.9 Å². The van der Waals surface area contributed by atoms with Crippen LogP contribution in [0.4, 0.5) is 0 Å². The molecule has 0 saturated carbocycles. The van der Waals surface area contributed by atoms with Gasteiger partial charge >= 0.3 is 0 Å². The molecular weight excluding hydrogens is 454 g/mol. The summed E-state index contributed by atoms with van der Waals surface area (Å²) in [7, 11) is 6.29. The van der Waals surface area contributed by atoms with Crippen molar-refractivity contribution in [3.63, 3.8) is 0 Å². The molecule has 180 valence electrons. The molecule has 2 heterocycles. The van der Waals surface area contributed by atoms with Crippen LogP contribution in [0.2, 0.25) is 0 Å². The number of carbonyl (C=O) groups is 1. The standard InChI is InChI=1S/C25H29N3O5S/c1-30-19-7-5-16(6-8-19)13-22-26-27-24(34-22)17-9-11-28(12-10-17)25(29)18-14-20(31-2)23(33-4)21(15-18)32-3/h5-8,14-15,17H,9-13H2,1-4H3. The lowest BCUT2D eigenvalue weighted by Gasteiger charge is -2.31. The molecule has 0 aliphatic carbocycles. The van der Waals surface area contributed by atoms with Crippen LogP contribution in [0.25, 0.3) is 0 Å². The fraction of sp³-hybridized carbons (Fsp3) is 0.400. The maximum Gasteiger partial charge on any atom is 0.254 e. The van der Waals surface area contributed by atoms with E-state index in [4.69, 9.17) is 18.9 Å². The molecule has 0 atom stereocenters. The molecule has 0 N–H and O–H groups in total. The van der Waals surface area contributed by atoms with Crippen LogP contribution in [0.15, 0.2) is 36.4 Å². The summed E-state index contributed by atoms with van der Waals surface area (Å²) in [5, 5.41) is 10.9. The summed E-state index contributed by atoms with van der Waals surface area (Å²) in [6.45, 7) is 1.32. The van der Waals surface area contributed by atoms with E-state index in [1.807, 2.05) is 29.2 Å². The van der Waals surface area contributed by atoms with E-state index in [0.717, 1.165) is 35.0 Å². The highest BCUT2D eigenvalue weighted by Crippen LogP contribution is 2.39. The van der Waals surface area contributed by atoms with E-state index in [2.05, 4.69) is 10.2 Å². The molecule has 1 saturated heterocycles. The molecule has 0 spiro atoms. The molecule has 0 bridgehead atoms. The average Bonchev–Trinajstić information content (AvgIpc) is 3.36. The third-order valence-corrected chi connectivity index (χ3v) is 7.13. The van der Waals surface area contributed by atoms with E-state index >= 15 is 0 Å². The summed E-state index contributed by atoms with van der Waals surface area (Å²) in [6.07, 6.45) is 2.46. The van der Waals surface area contributed by atoms with Gasteiger partial charge in [0.05, 0.1) is 28.4 Å². The van der Waals surface area contributed by atoms with Gasteiger partial charge in [-0.3, -0.25) is 4.79 Å². The normalized spacial score (nSPS) is 14.1. The first-order valence-electron chi connectivity index (χ1n) is 11.1. The molecule has 1 fully saturated rings. The van der Waals surface area contributed by atoms with Crippen LogP contribution < -0.4 is 18.9 Å². The maximum absolute atomic E-state index is 13.2. The zero-order valence-corrected chi connectivity index (χ0v) is 20.7. The van der Waals surface area contributed by atoms with E-state index in [9.17, 15) is 4.79 Å². The highest BCUT2D eigenvalue weighted by Gasteiger charge is 2.28. The van der Waals surface area contributed by atoms with Gasteiger partial charge in [0.15, 0.2) is 11.5 Å². The first kappa shape index (κ1) is 23.8. The molecule has 4 rings (SSSR count). The van der Waals surface area contributed by atoms with Gasteiger partial charge in [0.2, 0.25) is 5.75 Å². The van der Waals surface area contributed by atoms with Gasteiger partial charge in [-0.25, -0.2) is 0 Å². The third-order valence-electron chi connectivity index (χ3n) is 6.04. The fourth-order valence-electron chi connectivity index (χ4n) is 4.14. The smallest absolute Gasteiger partial charge is 0.254 e. The Kier molecular flexibility index (Phi) is 7.52. The summed E-state index contributed by atoms with van der Waals surface area (Å²) in [5.74, 6) is 2.52. The monoisotopic (exact) mass is 483 g/mol. The van der Waals surface area contributed by atoms with Crippen molar-refractivity contribution in [3.8, 4) is 23.0 Å². The number of hydrogen-bond donors (Lipinski definition) is 0. The number of methoxy groups -OCH3 is 4. The van der Waals surface area contributed by atoms with Crippen LogP contribution in [0.1, 0.15) is 44.7 Å². The predicted octanol–water partition coefficient (Wildman–Crippen LogP) is 4.18. The highest BCUT2D eigenvalue weighted by atomic mass is 32.1. The minimum Gasteiger partial charge on any atom is -0.497 e. The van der Waals surface area contributed by atoms with Crippen molar-refractivity contribution in [3.05, 3.63) is 57.5 Å². The van der Waals surface area contributed by atoms with E-state index in [1.165, 1.54) is 5.56 Å². The maximum atomic E-state index is 13.2. The number of carbonyl (C=O) groups excluding carboxylic acids is 1. The summed E-state index contributed by atoms with van der Waals surface area (Å²) in [6, 6.07) is 11.4. The van der Waals surface area contributed by atoms with Crippen LogP contribution >= 0.6 is 11.3 Å². The summed E-state index contributed by atoms with van der Waals surface area (Å²) in [5.41, 5.74) is 1.69. The van der Waals surface area contributed by atoms with E-state index < -0.39 is 0 Å². The number of amides is 1. The van der Waals surface area contributed by atoms with Crippen molar-refractivity contribution in [2.24, 2.45) is 0 Å². The molecule has 2 aromatic carbocycles. The van der Waals surface area contributed by atoms with Gasteiger partial charge < -0.3 is 23.8 Å². The number of aromatic nitrogens is 2. The Morgan fingerprint density at radius 2 is 1.59 bits per heavy atom. The number of ether oxygens (including phenoxy) is 4. The van der Waals surface area contributed by atoms with Gasteiger partial charge in [-0.05, 0) is 42.7 Å². The number of rotatable bonds is 8. The van der Waals surface area contributed by atoms with Gasteiger partial charge in [0, 0.05) is 31.0 Å². The Hall–Kier alpha value is -3.33. The molecule has 1 amide bonds. The fourth-order valence-corrected chi connectivity index (χ4v) is 5.18. The summed E-state index contributed by atoms with van der Waals surface area (Å²) < 4.78 is 21.4. The minimum atomic E-state index is -0.0461. The SMILES string of the molecule is COc1ccc(Cc2nnc(C3CCN(C(=O)c4cc(OC)c(OC)c(OC)c4)CC3)s2)cc1. The molecule has 8 nitrogen and oxygen atoms in total. The minimum absolute atomic E-state index is 0.0461. The molecule has 1 aliphatic rings. The molecule has 9 heteroatoms. The van der Waals surface area contributed by atoms with Crippen molar-refractivity contribution < 1.29 is 23.7 Å². The summed E-state index contributed by atoms with van der Waals surface area (Å²) in [4.78, 5) is 15.0. The van der Waals surface area contributed by atoms with Crippen LogP contribution in [0, 0.1) is 0 Å². The van der Waals surface area contributed by atoms with Crippen molar-refractivity contribution in [2.45, 2.75) is 25.2 Å². The summed E-state index contributed by atoms with van der Waals surface area (Å²) >= 11 is 1.66. The molecule has 34 heavy (non-hydrogen) atoms. The predicted molar refractivity (Wildman–Crippen MR) is 130 cm³/mol. The van der Waals surface area contributed by atoms with Crippen LogP contribution in [0.3, 0.4) is 0 Å². The van der Waals surface area contributed by atoms with Gasteiger partial charge in [-0.15, -0.1) is 21.5 Å². The van der Waals surface area contributed by atoms with Crippen LogP contribution in [0.5, 0.6) is 23.0 Å². The number of piperidine rings is 1. The number of nitrogens with zero attached hydrogens (tertiary/aromatic N) is 3. The van der Waals surface area contributed by atoms with Gasteiger partial charge in [0.1, 0.15) is 15.8 Å². The Labute approximate surface area is 203 Å². The lowest BCUT2D eigenvalue weighted by molar-refractivity contribution is 0.0712. The number of benzene rings is 2. The van der Waals surface area contributed by atoms with Crippen molar-refractivity contribution >= 4 is 17.2 Å². The third kappa shape index (κ3) is 5.09. The number of hydrogen-bond acceptors (Lipinski definition) is 8. The van der Waals surface area contributed by atoms with Crippen molar-refractivity contribution in [2.75, 3.05) is 41.5 Å². The van der Waals surface area contributed by atoms with Crippen LogP contribution in [-0.4, -0.2) is 62.5 Å². The lowest BCUT2D eigenvalue weighted by Crippen LogP contribution is -2.37. The van der Waals surface area contributed by atoms with Crippen molar-refractivity contribution in [1.29, 1.82) is 0 Å². The first-order chi connectivity index (χ1) is 16.6. The second-order valence-corrected chi connectivity index (χ2v) is 9.13. The van der Waals surface area contributed by atoms with Crippen LogP contribution in [-0.2, 0) is 6.42 Å². The van der Waals surface area contributed by atoms with E-state index in [-0.39, 0.29) is 5.91 Å². The second kappa shape index (κ2) is 10.7. The van der Waals surface area contributed by atoms with Gasteiger partial charge in [-0.2, -0.15) is 0 Å². The molecule has 1 aromatic heterocycles. The Bertz CT molecular complexity index is 1100. The Balaban J connectivity index is 1.38. The zero-order chi connectivity index (χ0) is 24.1. The second-order valence-electron chi connectivity index (χ2n) is 8.04. The highest BCUT2D eigenvalue weighted by molar-refractivity contribution is 7.11. The molecule has 0 unspecified atom stereocenters. The lowest BCUT2D eigenvalue weighted by atomic mass is 9.97. The first-order valence-corrected chi connectivity index (χ1v) is 11.9. The van der Waals surface area contributed by atoms with Gasteiger partial charge in [-0.1, -0.05) is 12.1 Å². The van der Waals surface area contributed by atoms with Crippen molar-refractivity contribution in [1.82, 2.24) is 15.1 Å². The molecular formula is C25H29N3O5S. The Morgan fingerprint density at radius 3 is 2.15 bits per heavy atom. The average molecular weight is 484 g/mol. The van der Waals surface area contributed by atoms with E-state index in [0.29, 0.717) is 41.8 Å². The zero-order valence-electron chi connectivity index (χ0n) is 19.9. The van der Waals surface area contributed by atoms with Gasteiger partial charge in [0.25, 0.3) is 5.91 Å². The number of likely N-dealkylation sites (tertiary alicyclic amines) is 1.